The van der Waals surface area contributed by atoms with Crippen LogP contribution in [0.3, 0.4) is 0 Å². The minimum Gasteiger partial charge on any atom is -0.349 e. The van der Waals surface area contributed by atoms with Gasteiger partial charge in [-0.1, -0.05) is 49.7 Å². The lowest BCUT2D eigenvalue weighted by Crippen LogP contribution is -2.32. The molecule has 176 valence electrons. The number of halogens is 1. The maximum absolute atomic E-state index is 14.2. The van der Waals surface area contributed by atoms with E-state index >= 15 is 0 Å². The van der Waals surface area contributed by atoms with Gasteiger partial charge in [-0.3, -0.25) is 18.6 Å². The van der Waals surface area contributed by atoms with E-state index in [2.05, 4.69) is 15.5 Å². The molecule has 2 heterocycles. The van der Waals surface area contributed by atoms with Gasteiger partial charge in [0.25, 0.3) is 11.5 Å². The smallest absolute Gasteiger partial charge is 0.262 e. The van der Waals surface area contributed by atoms with Gasteiger partial charge >= 0.3 is 0 Å². The molecule has 1 aliphatic carbocycles. The molecule has 0 unspecified atom stereocenters. The van der Waals surface area contributed by atoms with Crippen LogP contribution in [0, 0.1) is 5.82 Å². The van der Waals surface area contributed by atoms with E-state index in [1.807, 2.05) is 11.3 Å². The van der Waals surface area contributed by atoms with Crippen LogP contribution < -0.4 is 10.9 Å². The number of benzene rings is 2. The standard InChI is InChI=1S/C25H26FN5O2S/c1-2-13-30-23(33)19-12-11-16(22(32)27-18-8-4-5-9-18)14-21(19)31-24(30)28-29-25(31)34-15-17-7-3-6-10-20(17)26/h3,6-7,10-12,14,18H,2,4-5,8-9,13,15H2,1H3,(H,27,32). The Labute approximate surface area is 200 Å². The number of amides is 1. The Morgan fingerprint density at radius 3 is 2.74 bits per heavy atom. The first kappa shape index (κ1) is 22.6. The number of carbonyl (C=O) groups is 1. The minimum atomic E-state index is -0.276. The molecule has 7 nitrogen and oxygen atoms in total. The van der Waals surface area contributed by atoms with Crippen molar-refractivity contribution in [2.24, 2.45) is 0 Å². The molecule has 1 amide bonds. The number of nitrogens with one attached hydrogen (secondary N) is 1. The molecule has 4 aromatic rings. The maximum atomic E-state index is 14.2. The molecule has 1 aliphatic rings. The molecule has 2 aromatic heterocycles. The normalized spacial score (nSPS) is 14.3. The van der Waals surface area contributed by atoms with E-state index in [4.69, 9.17) is 0 Å². The van der Waals surface area contributed by atoms with Crippen LogP contribution in [-0.4, -0.2) is 31.1 Å². The Hall–Kier alpha value is -3.20. The van der Waals surface area contributed by atoms with Gasteiger partial charge in [-0.25, -0.2) is 4.39 Å². The fourth-order valence-corrected chi connectivity index (χ4v) is 5.46. The summed E-state index contributed by atoms with van der Waals surface area (Å²) in [4.78, 5) is 26.2. The van der Waals surface area contributed by atoms with Crippen LogP contribution in [0.1, 0.15) is 54.9 Å². The fourth-order valence-electron chi connectivity index (χ4n) is 4.54. The second kappa shape index (κ2) is 9.58. The third kappa shape index (κ3) is 4.20. The predicted octanol–water partition coefficient (Wildman–Crippen LogP) is 4.56. The number of aromatic nitrogens is 4. The monoisotopic (exact) mass is 479 g/mol. The molecule has 1 fully saturated rings. The Balaban J connectivity index is 1.60. The zero-order chi connectivity index (χ0) is 23.7. The van der Waals surface area contributed by atoms with Crippen molar-refractivity contribution in [2.75, 3.05) is 0 Å². The van der Waals surface area contributed by atoms with Crippen molar-refractivity contribution in [1.29, 1.82) is 0 Å². The van der Waals surface area contributed by atoms with Gasteiger partial charge in [-0.05, 0) is 49.1 Å². The third-order valence-electron chi connectivity index (χ3n) is 6.29. The lowest BCUT2D eigenvalue weighted by molar-refractivity contribution is 0.0938. The zero-order valence-corrected chi connectivity index (χ0v) is 19.8. The van der Waals surface area contributed by atoms with Crippen LogP contribution in [-0.2, 0) is 12.3 Å². The molecular weight excluding hydrogens is 453 g/mol. The first-order chi connectivity index (χ1) is 16.6. The second-order valence-electron chi connectivity index (χ2n) is 8.64. The van der Waals surface area contributed by atoms with E-state index in [-0.39, 0.29) is 23.3 Å². The van der Waals surface area contributed by atoms with Crippen molar-refractivity contribution < 1.29 is 9.18 Å². The van der Waals surface area contributed by atoms with Crippen LogP contribution in [0.25, 0.3) is 16.7 Å². The predicted molar refractivity (Wildman–Crippen MR) is 131 cm³/mol. The summed E-state index contributed by atoms with van der Waals surface area (Å²) in [5.41, 5.74) is 1.47. The van der Waals surface area contributed by atoms with Crippen molar-refractivity contribution in [3.05, 3.63) is 69.8 Å². The number of rotatable bonds is 7. The summed E-state index contributed by atoms with van der Waals surface area (Å²) in [5.74, 6) is 0.364. The van der Waals surface area contributed by atoms with Crippen LogP contribution in [0.2, 0.25) is 0 Å². The number of thioether (sulfide) groups is 1. The maximum Gasteiger partial charge on any atom is 0.262 e. The van der Waals surface area contributed by atoms with E-state index in [0.29, 0.717) is 45.3 Å². The molecule has 0 saturated heterocycles. The summed E-state index contributed by atoms with van der Waals surface area (Å²) in [7, 11) is 0. The number of aryl methyl sites for hydroxylation is 1. The molecular formula is C25H26FN5O2S. The van der Waals surface area contributed by atoms with E-state index in [1.54, 1.807) is 41.0 Å². The van der Waals surface area contributed by atoms with E-state index in [1.165, 1.54) is 17.8 Å². The van der Waals surface area contributed by atoms with Gasteiger partial charge in [0.2, 0.25) is 5.78 Å². The van der Waals surface area contributed by atoms with Gasteiger partial charge < -0.3 is 5.32 Å². The van der Waals surface area contributed by atoms with Crippen molar-refractivity contribution in [2.45, 2.75) is 62.5 Å². The summed E-state index contributed by atoms with van der Waals surface area (Å²) in [6.07, 6.45) is 5.00. The molecule has 5 rings (SSSR count). The molecule has 1 saturated carbocycles. The number of carbonyl (C=O) groups excluding carboxylic acids is 1. The fraction of sp³-hybridized carbons (Fsp3) is 0.360. The van der Waals surface area contributed by atoms with E-state index < -0.39 is 0 Å². The average molecular weight is 480 g/mol. The van der Waals surface area contributed by atoms with Gasteiger partial charge in [0, 0.05) is 23.9 Å². The topological polar surface area (TPSA) is 81.3 Å². The first-order valence-corrected chi connectivity index (χ1v) is 12.6. The molecule has 0 aliphatic heterocycles. The molecule has 2 aromatic carbocycles. The van der Waals surface area contributed by atoms with Gasteiger partial charge in [0.05, 0.1) is 10.9 Å². The largest absolute Gasteiger partial charge is 0.349 e. The summed E-state index contributed by atoms with van der Waals surface area (Å²) in [6, 6.07) is 12.0. The lowest BCUT2D eigenvalue weighted by Gasteiger charge is -2.14. The van der Waals surface area contributed by atoms with Gasteiger partial charge in [-0.15, -0.1) is 10.2 Å². The highest BCUT2D eigenvalue weighted by Gasteiger charge is 2.21. The van der Waals surface area contributed by atoms with Crippen molar-refractivity contribution >= 4 is 34.3 Å². The molecule has 1 N–H and O–H groups in total. The minimum absolute atomic E-state index is 0.145. The van der Waals surface area contributed by atoms with Crippen molar-refractivity contribution in [3.63, 3.8) is 0 Å². The Morgan fingerprint density at radius 1 is 1.18 bits per heavy atom. The highest BCUT2D eigenvalue weighted by Crippen LogP contribution is 2.26. The Morgan fingerprint density at radius 2 is 1.97 bits per heavy atom. The number of hydrogen-bond acceptors (Lipinski definition) is 5. The highest BCUT2D eigenvalue weighted by molar-refractivity contribution is 7.98. The van der Waals surface area contributed by atoms with Crippen molar-refractivity contribution in [1.82, 2.24) is 24.5 Å². The van der Waals surface area contributed by atoms with Gasteiger partial charge in [0.15, 0.2) is 5.16 Å². The summed E-state index contributed by atoms with van der Waals surface area (Å²) in [6.45, 7) is 2.49. The summed E-state index contributed by atoms with van der Waals surface area (Å²) >= 11 is 1.35. The highest BCUT2D eigenvalue weighted by atomic mass is 32.2. The van der Waals surface area contributed by atoms with E-state index in [0.717, 1.165) is 32.1 Å². The third-order valence-corrected chi connectivity index (χ3v) is 7.26. The zero-order valence-electron chi connectivity index (χ0n) is 19.0. The molecule has 34 heavy (non-hydrogen) atoms. The summed E-state index contributed by atoms with van der Waals surface area (Å²) in [5, 5.41) is 12.8. The Bertz CT molecular complexity index is 1420. The molecule has 0 bridgehead atoms. The van der Waals surface area contributed by atoms with Gasteiger partial charge in [0.1, 0.15) is 5.82 Å². The SMILES string of the molecule is CCCn1c(=O)c2ccc(C(=O)NC3CCCC3)cc2n2c(SCc3ccccc3F)nnc12. The lowest BCUT2D eigenvalue weighted by atomic mass is 10.1. The molecule has 0 radical (unpaired) electrons. The van der Waals surface area contributed by atoms with Crippen LogP contribution in [0.4, 0.5) is 4.39 Å². The van der Waals surface area contributed by atoms with Crippen LogP contribution >= 0.6 is 11.8 Å². The molecule has 9 heteroatoms. The number of hydrogen-bond donors (Lipinski definition) is 1. The first-order valence-electron chi connectivity index (χ1n) is 11.7. The number of nitrogens with zero attached hydrogens (tertiary/aromatic N) is 4. The molecule has 0 spiro atoms. The second-order valence-corrected chi connectivity index (χ2v) is 9.58. The average Bonchev–Trinajstić information content (AvgIpc) is 3.51. The van der Waals surface area contributed by atoms with Gasteiger partial charge in [-0.2, -0.15) is 0 Å². The van der Waals surface area contributed by atoms with Crippen LogP contribution in [0.15, 0.2) is 52.4 Å². The van der Waals surface area contributed by atoms with Crippen LogP contribution in [0.5, 0.6) is 0 Å². The quantitative estimate of drug-likeness (QED) is 0.393. The van der Waals surface area contributed by atoms with E-state index in [9.17, 15) is 14.0 Å². The Kier molecular flexibility index (Phi) is 6.36. The van der Waals surface area contributed by atoms with Crippen molar-refractivity contribution in [3.8, 4) is 0 Å². The number of fused-ring (bicyclic) bond motifs is 3. The molecule has 0 atom stereocenters. The summed E-state index contributed by atoms with van der Waals surface area (Å²) < 4.78 is 17.6.